The summed E-state index contributed by atoms with van der Waals surface area (Å²) in [6.45, 7) is 3.69. The fourth-order valence-electron chi connectivity index (χ4n) is 6.47. The van der Waals surface area contributed by atoms with Crippen molar-refractivity contribution in [1.82, 2.24) is 5.32 Å². The normalized spacial score (nSPS) is 21.9. The van der Waals surface area contributed by atoms with E-state index >= 15 is 0 Å². The molecule has 9 nitrogen and oxygen atoms in total. The van der Waals surface area contributed by atoms with Crippen LogP contribution < -0.4 is 5.32 Å². The van der Waals surface area contributed by atoms with E-state index in [4.69, 9.17) is 9.47 Å². The zero-order valence-electron chi connectivity index (χ0n) is 34.7. The molecule has 1 heterocycles. The van der Waals surface area contributed by atoms with Gasteiger partial charge in [0, 0.05) is 6.42 Å². The molecule has 6 N–H and O–H groups in total. The summed E-state index contributed by atoms with van der Waals surface area (Å²) >= 11 is 0. The lowest BCUT2D eigenvalue weighted by molar-refractivity contribution is -0.302. The maximum Gasteiger partial charge on any atom is 0.220 e. The monoisotopic (exact) mass is 776 g/mol. The molecule has 1 aliphatic rings. The van der Waals surface area contributed by atoms with Crippen molar-refractivity contribution in [1.29, 1.82) is 0 Å². The van der Waals surface area contributed by atoms with Crippen molar-refractivity contribution in [2.45, 2.75) is 211 Å². The molecule has 318 valence electrons. The summed E-state index contributed by atoms with van der Waals surface area (Å²) in [5.74, 6) is -0.206. The Morgan fingerprint density at radius 3 is 1.67 bits per heavy atom. The molecule has 0 bridgehead atoms. The van der Waals surface area contributed by atoms with Gasteiger partial charge >= 0.3 is 0 Å². The maximum atomic E-state index is 12.9. The first kappa shape index (κ1) is 50.9. The van der Waals surface area contributed by atoms with Crippen LogP contribution in [0.1, 0.15) is 168 Å². The van der Waals surface area contributed by atoms with Crippen LogP contribution in [0.4, 0.5) is 0 Å². The van der Waals surface area contributed by atoms with Gasteiger partial charge in [0.1, 0.15) is 24.4 Å². The molecule has 7 atom stereocenters. The molecular formula is C46H81NO8. The predicted molar refractivity (Wildman–Crippen MR) is 226 cm³/mol. The highest BCUT2D eigenvalue weighted by atomic mass is 16.7. The van der Waals surface area contributed by atoms with Crippen LogP contribution in [0.2, 0.25) is 0 Å². The Morgan fingerprint density at radius 2 is 1.09 bits per heavy atom. The number of ether oxygens (including phenoxy) is 2. The average Bonchev–Trinajstić information content (AvgIpc) is 3.18. The van der Waals surface area contributed by atoms with Gasteiger partial charge in [-0.1, -0.05) is 152 Å². The van der Waals surface area contributed by atoms with E-state index in [0.29, 0.717) is 6.42 Å². The van der Waals surface area contributed by atoms with Gasteiger partial charge in [0.15, 0.2) is 6.29 Å². The molecule has 55 heavy (non-hydrogen) atoms. The number of amides is 1. The number of carbonyl (C=O) groups excluding carboxylic acids is 1. The van der Waals surface area contributed by atoms with E-state index in [-0.39, 0.29) is 12.5 Å². The number of carbonyl (C=O) groups is 1. The molecule has 0 aromatic heterocycles. The van der Waals surface area contributed by atoms with Crippen molar-refractivity contribution in [3.05, 3.63) is 60.8 Å². The Labute approximate surface area is 335 Å². The van der Waals surface area contributed by atoms with E-state index < -0.39 is 49.5 Å². The Hall–Kier alpha value is -2.11. The number of aliphatic hydroxyl groups is 5. The van der Waals surface area contributed by atoms with Crippen molar-refractivity contribution >= 4 is 5.91 Å². The number of rotatable bonds is 35. The van der Waals surface area contributed by atoms with Gasteiger partial charge in [-0.15, -0.1) is 0 Å². The van der Waals surface area contributed by atoms with Gasteiger partial charge in [-0.05, 0) is 70.6 Å². The van der Waals surface area contributed by atoms with Crippen molar-refractivity contribution < 1.29 is 39.8 Å². The fraction of sp³-hybridized carbons (Fsp3) is 0.761. The SMILES string of the molecule is CCCCC/C=C\C=C/CCCCCCCCC(=O)NC(COC1OC(CO)C(O)C(O)C1O)C(O)/C=C/CC/C=C/CC/C=C/CCCCCCCCC. The third-order valence-electron chi connectivity index (χ3n) is 10.1. The fourth-order valence-corrected chi connectivity index (χ4v) is 6.47. The minimum absolute atomic E-state index is 0.206. The average molecular weight is 776 g/mol. The summed E-state index contributed by atoms with van der Waals surface area (Å²) < 4.78 is 11.2. The zero-order valence-corrected chi connectivity index (χ0v) is 34.7. The van der Waals surface area contributed by atoms with Gasteiger partial charge in [0.05, 0.1) is 25.4 Å². The second kappa shape index (κ2) is 36.2. The van der Waals surface area contributed by atoms with Crippen molar-refractivity contribution in [3.8, 4) is 0 Å². The van der Waals surface area contributed by atoms with Crippen LogP contribution in [0, 0.1) is 0 Å². The van der Waals surface area contributed by atoms with Gasteiger partial charge in [0.2, 0.25) is 5.91 Å². The second-order valence-electron chi connectivity index (χ2n) is 15.1. The smallest absolute Gasteiger partial charge is 0.220 e. The molecule has 0 aromatic carbocycles. The lowest BCUT2D eigenvalue weighted by Gasteiger charge is -2.40. The predicted octanol–water partition coefficient (Wildman–Crippen LogP) is 8.83. The van der Waals surface area contributed by atoms with Crippen LogP contribution in [0.5, 0.6) is 0 Å². The molecule has 0 saturated carbocycles. The van der Waals surface area contributed by atoms with Crippen LogP contribution in [-0.2, 0) is 14.3 Å². The molecule has 1 aliphatic heterocycles. The summed E-state index contributed by atoms with van der Waals surface area (Å²) in [4.78, 5) is 12.9. The standard InChI is InChI=1S/C46H81NO8/c1-3-5-7-9-11-13-15-17-19-20-22-23-25-27-29-31-33-35-40(49)39(38-54-46-45(53)44(52)43(51)41(37-48)55-46)47-42(50)36-34-32-30-28-26-24-21-18-16-14-12-10-8-6-4-2/h12,14,16,18-20,25,27,33,35,39-41,43-46,48-49,51-53H,3-11,13,15,17,21-24,26,28-32,34,36-38H2,1-2H3,(H,47,50)/b14-12-,18-16-,20-19+,27-25+,35-33+. The number of allylic oxidation sites excluding steroid dienone is 9. The molecule has 1 saturated heterocycles. The van der Waals surface area contributed by atoms with E-state index in [1.54, 1.807) is 6.08 Å². The number of hydrogen-bond acceptors (Lipinski definition) is 8. The number of hydrogen-bond donors (Lipinski definition) is 6. The first-order valence-corrected chi connectivity index (χ1v) is 22.0. The van der Waals surface area contributed by atoms with Crippen LogP contribution in [0.3, 0.4) is 0 Å². The van der Waals surface area contributed by atoms with Gasteiger partial charge in [0.25, 0.3) is 0 Å². The molecular weight excluding hydrogens is 695 g/mol. The Bertz CT molecular complexity index is 1040. The number of aliphatic hydroxyl groups excluding tert-OH is 5. The van der Waals surface area contributed by atoms with Crippen molar-refractivity contribution in [2.75, 3.05) is 13.2 Å². The highest BCUT2D eigenvalue weighted by Crippen LogP contribution is 2.22. The highest BCUT2D eigenvalue weighted by molar-refractivity contribution is 5.76. The highest BCUT2D eigenvalue weighted by Gasteiger charge is 2.44. The molecule has 1 rings (SSSR count). The number of unbranched alkanes of at least 4 members (excludes halogenated alkanes) is 18. The number of nitrogens with one attached hydrogen (secondary N) is 1. The first-order chi connectivity index (χ1) is 26.8. The molecule has 0 spiro atoms. The van der Waals surface area contributed by atoms with E-state index in [9.17, 15) is 30.3 Å². The molecule has 0 radical (unpaired) electrons. The summed E-state index contributed by atoms with van der Waals surface area (Å²) in [6, 6.07) is -0.834. The molecule has 1 amide bonds. The van der Waals surface area contributed by atoms with E-state index in [1.807, 2.05) is 6.08 Å². The Kier molecular flexibility index (Phi) is 33.5. The van der Waals surface area contributed by atoms with Crippen LogP contribution in [0.25, 0.3) is 0 Å². The Morgan fingerprint density at radius 1 is 0.618 bits per heavy atom. The molecule has 7 unspecified atom stereocenters. The lowest BCUT2D eigenvalue weighted by Crippen LogP contribution is -2.60. The van der Waals surface area contributed by atoms with Crippen LogP contribution >= 0.6 is 0 Å². The molecule has 1 fully saturated rings. The topological polar surface area (TPSA) is 149 Å². The minimum atomic E-state index is -1.58. The van der Waals surface area contributed by atoms with Crippen molar-refractivity contribution in [2.24, 2.45) is 0 Å². The third kappa shape index (κ3) is 27.2. The maximum absolute atomic E-state index is 12.9. The summed E-state index contributed by atoms with van der Waals surface area (Å²) in [5, 5.41) is 54.1. The van der Waals surface area contributed by atoms with E-state index in [1.165, 1.54) is 70.6 Å². The van der Waals surface area contributed by atoms with Gasteiger partial charge in [-0.25, -0.2) is 0 Å². The first-order valence-electron chi connectivity index (χ1n) is 22.0. The molecule has 9 heteroatoms. The zero-order chi connectivity index (χ0) is 40.2. The minimum Gasteiger partial charge on any atom is -0.394 e. The third-order valence-corrected chi connectivity index (χ3v) is 10.1. The summed E-state index contributed by atoms with van der Waals surface area (Å²) in [6.07, 6.45) is 39.7. The summed E-state index contributed by atoms with van der Waals surface area (Å²) in [7, 11) is 0. The largest absolute Gasteiger partial charge is 0.394 e. The molecule has 0 aliphatic carbocycles. The second-order valence-corrected chi connectivity index (χ2v) is 15.1. The van der Waals surface area contributed by atoms with Gasteiger partial charge in [-0.3, -0.25) is 4.79 Å². The van der Waals surface area contributed by atoms with Crippen molar-refractivity contribution in [3.63, 3.8) is 0 Å². The van der Waals surface area contributed by atoms with Gasteiger partial charge in [-0.2, -0.15) is 0 Å². The Balaban J connectivity index is 2.45. The van der Waals surface area contributed by atoms with Gasteiger partial charge < -0.3 is 40.3 Å². The quantitative estimate of drug-likeness (QED) is 0.0213. The van der Waals surface area contributed by atoms with E-state index in [0.717, 1.165) is 77.0 Å². The van der Waals surface area contributed by atoms with Crippen LogP contribution in [-0.4, -0.2) is 87.5 Å². The molecule has 0 aromatic rings. The van der Waals surface area contributed by atoms with E-state index in [2.05, 4.69) is 67.8 Å². The lowest BCUT2D eigenvalue weighted by atomic mass is 9.99. The van der Waals surface area contributed by atoms with Crippen LogP contribution in [0.15, 0.2) is 60.8 Å². The summed E-state index contributed by atoms with van der Waals surface area (Å²) in [5.41, 5.74) is 0.